The van der Waals surface area contributed by atoms with Crippen LogP contribution >= 0.6 is 0 Å². The minimum absolute atomic E-state index is 0.187. The molecule has 8 nitrogen and oxygen atoms in total. The van der Waals surface area contributed by atoms with Crippen LogP contribution in [-0.4, -0.2) is 55.0 Å². The summed E-state index contributed by atoms with van der Waals surface area (Å²) >= 11 is 0. The highest BCUT2D eigenvalue weighted by atomic mass is 16.5. The molecule has 3 amide bonds. The van der Waals surface area contributed by atoms with Crippen LogP contribution in [0, 0.1) is 5.92 Å². The van der Waals surface area contributed by atoms with Crippen molar-refractivity contribution in [3.05, 3.63) is 65.7 Å². The molecule has 0 bridgehead atoms. The first-order chi connectivity index (χ1) is 17.9. The Morgan fingerprint density at radius 1 is 0.946 bits per heavy atom. The second kappa shape index (κ2) is 12.2. The predicted molar refractivity (Wildman–Crippen MR) is 142 cm³/mol. The molecule has 4 N–H and O–H groups in total. The van der Waals surface area contributed by atoms with E-state index in [4.69, 9.17) is 4.74 Å². The summed E-state index contributed by atoms with van der Waals surface area (Å²) in [6.07, 6.45) is 3.44. The van der Waals surface area contributed by atoms with Crippen LogP contribution in [0.15, 0.2) is 54.6 Å². The third kappa shape index (κ3) is 6.68. The van der Waals surface area contributed by atoms with Crippen molar-refractivity contribution in [3.63, 3.8) is 0 Å². The van der Waals surface area contributed by atoms with Crippen LogP contribution in [0.25, 0.3) is 0 Å². The first kappa shape index (κ1) is 26.7. The lowest BCUT2D eigenvalue weighted by atomic mass is 10.0. The van der Waals surface area contributed by atoms with Crippen molar-refractivity contribution in [1.29, 1.82) is 0 Å². The van der Waals surface area contributed by atoms with Gasteiger partial charge in [0.2, 0.25) is 17.7 Å². The van der Waals surface area contributed by atoms with Crippen LogP contribution in [0.1, 0.15) is 44.2 Å². The summed E-state index contributed by atoms with van der Waals surface area (Å²) in [4.78, 5) is 39.5. The maximum atomic E-state index is 13.3. The molecule has 0 radical (unpaired) electrons. The van der Waals surface area contributed by atoms with Gasteiger partial charge in [0, 0.05) is 19.5 Å². The Morgan fingerprint density at radius 3 is 2.46 bits per heavy atom. The molecule has 1 aliphatic carbocycles. The van der Waals surface area contributed by atoms with Crippen molar-refractivity contribution >= 4 is 17.7 Å². The Hall–Kier alpha value is -3.39. The average Bonchev–Trinajstić information content (AvgIpc) is 3.64. The number of carbonyl (C=O) groups is 3. The minimum atomic E-state index is -0.780. The highest BCUT2D eigenvalue weighted by Gasteiger charge is 2.58. The molecule has 0 aromatic heterocycles. The molecule has 1 spiro atoms. The number of para-hydroxylation sites is 1. The summed E-state index contributed by atoms with van der Waals surface area (Å²) in [6, 6.07) is 16.0. The molecular weight excluding hydrogens is 468 g/mol. The number of ether oxygens (including phenoxy) is 1. The monoisotopic (exact) mass is 506 g/mol. The third-order valence-electron chi connectivity index (χ3n) is 7.35. The fraction of sp³-hybridized carbons (Fsp3) is 0.483. The van der Waals surface area contributed by atoms with E-state index in [9.17, 15) is 14.4 Å². The van der Waals surface area contributed by atoms with E-state index in [2.05, 4.69) is 28.2 Å². The smallest absolute Gasteiger partial charge is 0.242 e. The summed E-state index contributed by atoms with van der Waals surface area (Å²) in [5.41, 5.74) is 1.32. The Balaban J connectivity index is 1.53. The second-order valence-corrected chi connectivity index (χ2v) is 10.0. The Labute approximate surface area is 218 Å². The van der Waals surface area contributed by atoms with Gasteiger partial charge in [-0.05, 0) is 49.3 Å². The van der Waals surface area contributed by atoms with E-state index in [1.807, 2.05) is 54.6 Å². The van der Waals surface area contributed by atoms with Crippen molar-refractivity contribution in [2.24, 2.45) is 5.92 Å². The topological polar surface area (TPSA) is 109 Å². The normalized spacial score (nSPS) is 27.5. The van der Waals surface area contributed by atoms with Gasteiger partial charge in [0.25, 0.3) is 0 Å². The van der Waals surface area contributed by atoms with E-state index in [1.54, 1.807) is 6.92 Å². The van der Waals surface area contributed by atoms with Gasteiger partial charge in [0.05, 0.1) is 0 Å². The van der Waals surface area contributed by atoms with Gasteiger partial charge in [0.1, 0.15) is 30.0 Å². The lowest BCUT2D eigenvalue weighted by Gasteiger charge is -2.24. The zero-order chi connectivity index (χ0) is 26.3. The van der Waals surface area contributed by atoms with Crippen LogP contribution in [-0.2, 0) is 27.2 Å². The fourth-order valence-electron chi connectivity index (χ4n) is 5.04. The largest absolute Gasteiger partial charge is 0.492 e. The fourth-order valence-corrected chi connectivity index (χ4v) is 5.04. The molecule has 2 aliphatic rings. The summed E-state index contributed by atoms with van der Waals surface area (Å²) in [5.74, 6) is 0.213. The molecule has 1 unspecified atom stereocenters. The number of benzene rings is 2. The summed E-state index contributed by atoms with van der Waals surface area (Å²) in [7, 11) is 0. The van der Waals surface area contributed by atoms with Crippen molar-refractivity contribution in [2.75, 3.05) is 19.7 Å². The quantitative estimate of drug-likeness (QED) is 0.510. The molecule has 1 aliphatic heterocycles. The lowest BCUT2D eigenvalue weighted by Crippen LogP contribution is -2.57. The van der Waals surface area contributed by atoms with Gasteiger partial charge in [-0.25, -0.2) is 0 Å². The molecule has 37 heavy (non-hydrogen) atoms. The van der Waals surface area contributed by atoms with E-state index < -0.39 is 17.6 Å². The van der Waals surface area contributed by atoms with E-state index in [0.717, 1.165) is 42.6 Å². The van der Waals surface area contributed by atoms with Gasteiger partial charge in [-0.2, -0.15) is 0 Å². The molecule has 4 atom stereocenters. The first-order valence-electron chi connectivity index (χ1n) is 13.3. The highest BCUT2D eigenvalue weighted by Crippen LogP contribution is 2.46. The average molecular weight is 507 g/mol. The zero-order valence-electron chi connectivity index (χ0n) is 21.7. The number of carbonyl (C=O) groups excluding carboxylic acids is 3. The number of amides is 3. The Bertz CT molecular complexity index is 1090. The van der Waals surface area contributed by atoms with Crippen molar-refractivity contribution < 1.29 is 19.1 Å². The van der Waals surface area contributed by atoms with Gasteiger partial charge in [-0.15, -0.1) is 0 Å². The second-order valence-electron chi connectivity index (χ2n) is 10.0. The number of aryl methyl sites for hydroxylation is 1. The summed E-state index contributed by atoms with van der Waals surface area (Å²) < 4.78 is 6.06. The highest BCUT2D eigenvalue weighted by molar-refractivity contribution is 5.95. The molecule has 1 saturated carbocycles. The molecule has 1 heterocycles. The van der Waals surface area contributed by atoms with Gasteiger partial charge < -0.3 is 20.7 Å². The molecule has 2 aromatic rings. The molecule has 4 rings (SSSR count). The zero-order valence-corrected chi connectivity index (χ0v) is 21.7. The van der Waals surface area contributed by atoms with Crippen LogP contribution < -0.4 is 26.0 Å². The number of nitrogens with one attached hydrogen (secondary N) is 4. The van der Waals surface area contributed by atoms with Crippen molar-refractivity contribution in [2.45, 2.75) is 63.6 Å². The molecule has 1 fully saturated rings. The third-order valence-corrected chi connectivity index (χ3v) is 7.35. The summed E-state index contributed by atoms with van der Waals surface area (Å²) in [6.45, 7) is 5.14. The minimum Gasteiger partial charge on any atom is -0.492 e. The molecular formula is C29H38N4O4. The number of hydrogen-bond acceptors (Lipinski definition) is 5. The number of fused-ring (bicyclic) bond motifs is 1. The maximum absolute atomic E-state index is 13.3. The first-order valence-corrected chi connectivity index (χ1v) is 13.3. The molecule has 0 saturated heterocycles. The number of hydrogen-bond donors (Lipinski definition) is 4. The van der Waals surface area contributed by atoms with Gasteiger partial charge in [0.15, 0.2) is 0 Å². The Morgan fingerprint density at radius 2 is 1.70 bits per heavy atom. The van der Waals surface area contributed by atoms with E-state index in [1.165, 1.54) is 0 Å². The van der Waals surface area contributed by atoms with Crippen LogP contribution in [0.3, 0.4) is 0 Å². The maximum Gasteiger partial charge on any atom is 0.242 e. The Kier molecular flexibility index (Phi) is 8.82. The van der Waals surface area contributed by atoms with E-state index in [0.29, 0.717) is 26.1 Å². The lowest BCUT2D eigenvalue weighted by molar-refractivity contribution is -0.132. The van der Waals surface area contributed by atoms with Gasteiger partial charge in [-0.1, -0.05) is 61.9 Å². The van der Waals surface area contributed by atoms with E-state index in [-0.39, 0.29) is 23.6 Å². The number of rotatable bonds is 3. The van der Waals surface area contributed by atoms with Crippen molar-refractivity contribution in [1.82, 2.24) is 21.3 Å². The van der Waals surface area contributed by atoms with Crippen LogP contribution in [0.2, 0.25) is 0 Å². The van der Waals surface area contributed by atoms with Crippen LogP contribution in [0.5, 0.6) is 5.75 Å². The van der Waals surface area contributed by atoms with Gasteiger partial charge in [-0.3, -0.25) is 19.7 Å². The standard InChI is InChI=1S/C29H38N4O4/c1-3-23-19-29(23)28(36)32-20(2)26(34)33-24(18-21-10-5-4-6-11-21)27(35)30-15-9-13-22-12-7-8-14-25(22)37-17-16-31-29/h4-8,10-12,14,20,23-24,31H,3,9,13,15-19H2,1-2H3,(H,30,35)(H,32,36)(H,33,34)/t20-,23+,24+,29?/m0/s1. The van der Waals surface area contributed by atoms with Crippen molar-refractivity contribution in [3.8, 4) is 5.75 Å². The molecule has 8 heteroatoms. The summed E-state index contributed by atoms with van der Waals surface area (Å²) in [5, 5.41) is 12.1. The predicted octanol–water partition coefficient (Wildman–Crippen LogP) is 2.12. The van der Waals surface area contributed by atoms with E-state index >= 15 is 0 Å². The van der Waals surface area contributed by atoms with Crippen LogP contribution in [0.4, 0.5) is 0 Å². The SMILES string of the molecule is CC[C@@H]1CC12NCCOc1ccccc1CCCNC(=O)[C@@H](Cc1ccccc1)NC(=O)[C@H](C)NC2=O. The molecule has 198 valence electrons. The molecule has 2 aromatic carbocycles. The van der Waals surface area contributed by atoms with Gasteiger partial charge >= 0.3 is 0 Å².